The summed E-state index contributed by atoms with van der Waals surface area (Å²) in [7, 11) is 0. The number of aliphatic hydroxyl groups excluding tert-OH is 1. The highest BCUT2D eigenvalue weighted by atomic mass is 19.4. The van der Waals surface area contributed by atoms with Crippen molar-refractivity contribution in [3.05, 3.63) is 17.8 Å². The Bertz CT molecular complexity index is 382. The van der Waals surface area contributed by atoms with E-state index >= 15 is 0 Å². The average Bonchev–Trinajstić information content (AvgIpc) is 2.19. The topological polar surface area (TPSA) is 62.4 Å². The number of anilines is 2. The lowest BCUT2D eigenvalue weighted by atomic mass is 10.2. The Morgan fingerprint density at radius 1 is 1.47 bits per heavy atom. The van der Waals surface area contributed by atoms with E-state index in [1.807, 2.05) is 0 Å². The summed E-state index contributed by atoms with van der Waals surface area (Å²) in [5.74, 6) is 0.0522. The van der Waals surface area contributed by atoms with Crippen LogP contribution in [-0.2, 0) is 0 Å². The van der Waals surface area contributed by atoms with Crippen LogP contribution in [0.25, 0.3) is 0 Å². The van der Waals surface area contributed by atoms with Crippen LogP contribution < -0.4 is 10.6 Å². The number of aliphatic hydroxyl groups is 1. The van der Waals surface area contributed by atoms with Gasteiger partial charge in [-0.1, -0.05) is 0 Å². The Morgan fingerprint density at radius 2 is 2.12 bits per heavy atom. The summed E-state index contributed by atoms with van der Waals surface area (Å²) < 4.78 is 37.1. The van der Waals surface area contributed by atoms with E-state index in [9.17, 15) is 13.2 Å². The molecule has 0 bridgehead atoms. The largest absolute Gasteiger partial charge is 0.405 e. The standard InChI is InChI=1S/C10H14F3N3O/c1-7-2-3-15-9(8(7)14)16(4-5-17)6-10(11,12)13/h2-3,17H,4-6,14H2,1H3. The minimum Gasteiger partial charge on any atom is -0.396 e. The number of nitrogen functional groups attached to an aromatic ring is 1. The highest BCUT2D eigenvalue weighted by Crippen LogP contribution is 2.26. The number of aromatic nitrogens is 1. The van der Waals surface area contributed by atoms with E-state index in [0.29, 0.717) is 5.56 Å². The summed E-state index contributed by atoms with van der Waals surface area (Å²) in [6, 6.07) is 1.61. The Balaban J connectivity index is 3.01. The second-order valence-corrected chi connectivity index (χ2v) is 3.63. The molecule has 0 aliphatic carbocycles. The Kier molecular flexibility index (Phi) is 4.17. The molecule has 0 aliphatic heterocycles. The minimum absolute atomic E-state index is 0.0522. The number of nitrogens with two attached hydrogens (primary N) is 1. The smallest absolute Gasteiger partial charge is 0.396 e. The van der Waals surface area contributed by atoms with Gasteiger partial charge in [0.25, 0.3) is 0 Å². The first kappa shape index (κ1) is 13.6. The molecule has 17 heavy (non-hydrogen) atoms. The number of nitrogens with zero attached hydrogens (tertiary/aromatic N) is 2. The fraction of sp³-hybridized carbons (Fsp3) is 0.500. The van der Waals surface area contributed by atoms with Gasteiger partial charge in [-0.3, -0.25) is 0 Å². The number of aryl methyl sites for hydroxylation is 1. The van der Waals surface area contributed by atoms with Gasteiger partial charge in [-0.25, -0.2) is 4.98 Å². The third-order valence-electron chi connectivity index (χ3n) is 2.23. The predicted octanol–water partition coefficient (Wildman–Crippen LogP) is 1.33. The van der Waals surface area contributed by atoms with E-state index in [-0.39, 0.29) is 18.1 Å². The molecule has 96 valence electrons. The third-order valence-corrected chi connectivity index (χ3v) is 2.23. The Hall–Kier alpha value is -1.50. The number of alkyl halides is 3. The molecule has 0 saturated heterocycles. The molecule has 0 saturated carbocycles. The van der Waals surface area contributed by atoms with Crippen molar-refractivity contribution in [1.82, 2.24) is 4.98 Å². The number of pyridine rings is 1. The highest BCUT2D eigenvalue weighted by Gasteiger charge is 2.31. The monoisotopic (exact) mass is 249 g/mol. The van der Waals surface area contributed by atoms with Crippen molar-refractivity contribution in [2.75, 3.05) is 30.3 Å². The van der Waals surface area contributed by atoms with Gasteiger partial charge in [0.15, 0.2) is 5.82 Å². The van der Waals surface area contributed by atoms with Crippen molar-refractivity contribution >= 4 is 11.5 Å². The first-order valence-corrected chi connectivity index (χ1v) is 4.99. The van der Waals surface area contributed by atoms with E-state index in [2.05, 4.69) is 4.98 Å². The highest BCUT2D eigenvalue weighted by molar-refractivity contribution is 5.66. The van der Waals surface area contributed by atoms with Crippen LogP contribution in [0.2, 0.25) is 0 Å². The fourth-order valence-corrected chi connectivity index (χ4v) is 1.40. The molecular weight excluding hydrogens is 235 g/mol. The summed E-state index contributed by atoms with van der Waals surface area (Å²) in [4.78, 5) is 4.75. The predicted molar refractivity (Wildman–Crippen MR) is 58.7 cm³/mol. The summed E-state index contributed by atoms with van der Waals surface area (Å²) in [6.45, 7) is -0.0647. The maximum atomic E-state index is 12.4. The van der Waals surface area contributed by atoms with Crippen LogP contribution in [0.15, 0.2) is 12.3 Å². The van der Waals surface area contributed by atoms with Gasteiger partial charge in [0.05, 0.1) is 12.3 Å². The van der Waals surface area contributed by atoms with Gasteiger partial charge < -0.3 is 15.7 Å². The second kappa shape index (κ2) is 5.22. The van der Waals surface area contributed by atoms with Gasteiger partial charge in [0.1, 0.15) is 6.54 Å². The maximum absolute atomic E-state index is 12.4. The van der Waals surface area contributed by atoms with Crippen molar-refractivity contribution in [3.8, 4) is 0 Å². The molecular formula is C10H14F3N3O. The van der Waals surface area contributed by atoms with Crippen LogP contribution in [0.5, 0.6) is 0 Å². The normalized spacial score (nSPS) is 11.6. The van der Waals surface area contributed by atoms with Gasteiger partial charge in [-0.05, 0) is 18.6 Å². The molecule has 0 radical (unpaired) electrons. The molecule has 7 heteroatoms. The van der Waals surface area contributed by atoms with Crippen LogP contribution in [-0.4, -0.2) is 36.0 Å². The average molecular weight is 249 g/mol. The van der Waals surface area contributed by atoms with Crippen molar-refractivity contribution < 1.29 is 18.3 Å². The summed E-state index contributed by atoms with van der Waals surface area (Å²) in [5.41, 5.74) is 6.53. The van der Waals surface area contributed by atoms with Gasteiger partial charge >= 0.3 is 6.18 Å². The van der Waals surface area contributed by atoms with E-state index in [1.54, 1.807) is 13.0 Å². The molecule has 1 heterocycles. The van der Waals surface area contributed by atoms with Crippen molar-refractivity contribution in [3.63, 3.8) is 0 Å². The number of halogens is 3. The van der Waals surface area contributed by atoms with E-state index in [1.165, 1.54) is 6.20 Å². The molecule has 0 spiro atoms. The van der Waals surface area contributed by atoms with Gasteiger partial charge in [0.2, 0.25) is 0 Å². The molecule has 0 aliphatic rings. The van der Waals surface area contributed by atoms with E-state index < -0.39 is 19.3 Å². The number of hydrogen-bond acceptors (Lipinski definition) is 4. The Morgan fingerprint density at radius 3 is 2.65 bits per heavy atom. The lowest BCUT2D eigenvalue weighted by Gasteiger charge is -2.25. The van der Waals surface area contributed by atoms with Crippen molar-refractivity contribution in [2.24, 2.45) is 0 Å². The maximum Gasteiger partial charge on any atom is 0.405 e. The second-order valence-electron chi connectivity index (χ2n) is 3.63. The van der Waals surface area contributed by atoms with Gasteiger partial charge in [-0.15, -0.1) is 0 Å². The quantitative estimate of drug-likeness (QED) is 0.845. The summed E-state index contributed by atoms with van der Waals surface area (Å²) >= 11 is 0. The summed E-state index contributed by atoms with van der Waals surface area (Å²) in [5, 5.41) is 8.78. The summed E-state index contributed by atoms with van der Waals surface area (Å²) in [6.07, 6.45) is -2.98. The van der Waals surface area contributed by atoms with Crippen LogP contribution in [0.1, 0.15) is 5.56 Å². The lowest BCUT2D eigenvalue weighted by Crippen LogP contribution is -2.37. The van der Waals surface area contributed by atoms with Gasteiger partial charge in [0, 0.05) is 12.7 Å². The zero-order chi connectivity index (χ0) is 13.1. The molecule has 3 N–H and O–H groups in total. The molecule has 0 fully saturated rings. The molecule has 0 amide bonds. The molecule has 1 aromatic heterocycles. The molecule has 0 unspecified atom stereocenters. The Labute approximate surface area is 96.9 Å². The van der Waals surface area contributed by atoms with Gasteiger partial charge in [-0.2, -0.15) is 13.2 Å². The molecule has 0 aromatic carbocycles. The third kappa shape index (κ3) is 3.77. The molecule has 1 aromatic rings. The fourth-order valence-electron chi connectivity index (χ4n) is 1.40. The first-order chi connectivity index (χ1) is 7.85. The zero-order valence-electron chi connectivity index (χ0n) is 9.33. The van der Waals surface area contributed by atoms with Crippen LogP contribution in [0.4, 0.5) is 24.7 Å². The van der Waals surface area contributed by atoms with Crippen LogP contribution in [0.3, 0.4) is 0 Å². The van der Waals surface area contributed by atoms with Crippen LogP contribution >= 0.6 is 0 Å². The van der Waals surface area contributed by atoms with Crippen molar-refractivity contribution in [1.29, 1.82) is 0 Å². The van der Waals surface area contributed by atoms with E-state index in [4.69, 9.17) is 10.8 Å². The minimum atomic E-state index is -4.37. The molecule has 1 rings (SSSR count). The van der Waals surface area contributed by atoms with E-state index in [0.717, 1.165) is 4.90 Å². The van der Waals surface area contributed by atoms with Crippen molar-refractivity contribution in [2.45, 2.75) is 13.1 Å². The number of hydrogen-bond donors (Lipinski definition) is 2. The SMILES string of the molecule is Cc1ccnc(N(CCO)CC(F)(F)F)c1N. The number of rotatable bonds is 4. The molecule has 0 atom stereocenters. The lowest BCUT2D eigenvalue weighted by molar-refractivity contribution is -0.119. The molecule has 4 nitrogen and oxygen atoms in total. The zero-order valence-corrected chi connectivity index (χ0v) is 9.33. The first-order valence-electron chi connectivity index (χ1n) is 4.99. The van der Waals surface area contributed by atoms with Crippen LogP contribution in [0, 0.1) is 6.92 Å².